The predicted octanol–water partition coefficient (Wildman–Crippen LogP) is 3.33. The monoisotopic (exact) mass is 290 g/mol. The SMILES string of the molecule is CC(C)(C)OC(=O)Nc1c(F)cncc1Br. The Balaban J connectivity index is 2.78. The van der Waals surface area contributed by atoms with Crippen LogP contribution in [0.3, 0.4) is 0 Å². The summed E-state index contributed by atoms with van der Waals surface area (Å²) in [4.78, 5) is 15.0. The number of amides is 1. The Bertz CT molecular complexity index is 384. The molecule has 0 aliphatic carbocycles. The van der Waals surface area contributed by atoms with E-state index in [-0.39, 0.29) is 5.69 Å². The van der Waals surface area contributed by atoms with Crippen LogP contribution in [0.5, 0.6) is 0 Å². The maximum Gasteiger partial charge on any atom is 0.412 e. The number of hydrogen-bond acceptors (Lipinski definition) is 3. The number of pyridine rings is 1. The molecule has 0 saturated heterocycles. The minimum absolute atomic E-state index is 0.0178. The van der Waals surface area contributed by atoms with Crippen LogP contribution in [-0.4, -0.2) is 16.7 Å². The van der Waals surface area contributed by atoms with Gasteiger partial charge in [-0.1, -0.05) is 0 Å². The first-order valence-electron chi connectivity index (χ1n) is 4.58. The minimum Gasteiger partial charge on any atom is -0.444 e. The van der Waals surface area contributed by atoms with Crippen molar-refractivity contribution >= 4 is 27.7 Å². The number of halogens is 2. The van der Waals surface area contributed by atoms with E-state index in [4.69, 9.17) is 4.74 Å². The molecule has 1 N–H and O–H groups in total. The molecule has 0 saturated carbocycles. The van der Waals surface area contributed by atoms with Crippen LogP contribution in [0.1, 0.15) is 20.8 Å². The van der Waals surface area contributed by atoms with Crippen LogP contribution in [0.4, 0.5) is 14.9 Å². The van der Waals surface area contributed by atoms with Crippen molar-refractivity contribution in [2.45, 2.75) is 26.4 Å². The number of hydrogen-bond donors (Lipinski definition) is 1. The highest BCUT2D eigenvalue weighted by atomic mass is 79.9. The van der Waals surface area contributed by atoms with Crippen molar-refractivity contribution in [1.29, 1.82) is 0 Å². The zero-order valence-corrected chi connectivity index (χ0v) is 10.8. The van der Waals surface area contributed by atoms with Gasteiger partial charge in [-0.25, -0.2) is 9.18 Å². The number of anilines is 1. The molecule has 88 valence electrons. The van der Waals surface area contributed by atoms with Crippen molar-refractivity contribution < 1.29 is 13.9 Å². The summed E-state index contributed by atoms with van der Waals surface area (Å²) >= 11 is 3.08. The van der Waals surface area contributed by atoms with Crippen molar-refractivity contribution in [2.24, 2.45) is 0 Å². The summed E-state index contributed by atoms with van der Waals surface area (Å²) in [5.41, 5.74) is -0.607. The number of rotatable bonds is 1. The molecule has 0 fully saturated rings. The maximum absolute atomic E-state index is 13.3. The zero-order valence-electron chi connectivity index (χ0n) is 9.17. The lowest BCUT2D eigenvalue weighted by Gasteiger charge is -2.20. The summed E-state index contributed by atoms with van der Waals surface area (Å²) in [6.45, 7) is 5.18. The molecular formula is C10H12BrFN2O2. The Labute approximate surface area is 101 Å². The van der Waals surface area contributed by atoms with Crippen LogP contribution >= 0.6 is 15.9 Å². The Hall–Kier alpha value is -1.17. The number of carbonyl (C=O) groups excluding carboxylic acids is 1. The standard InChI is InChI=1S/C10H12BrFN2O2/c1-10(2,3)16-9(15)14-8-6(11)4-13-5-7(8)12/h4-5H,1-3H3,(H,13,14,15). The van der Waals surface area contributed by atoms with E-state index in [1.54, 1.807) is 20.8 Å². The Kier molecular flexibility index (Phi) is 3.85. The van der Waals surface area contributed by atoms with Crippen molar-refractivity contribution in [3.63, 3.8) is 0 Å². The van der Waals surface area contributed by atoms with Crippen LogP contribution in [0.15, 0.2) is 16.9 Å². The van der Waals surface area contributed by atoms with Gasteiger partial charge in [0.15, 0.2) is 5.82 Å². The van der Waals surface area contributed by atoms with E-state index in [1.165, 1.54) is 6.20 Å². The fraction of sp³-hybridized carbons (Fsp3) is 0.400. The number of ether oxygens (including phenoxy) is 1. The summed E-state index contributed by atoms with van der Waals surface area (Å²) in [5, 5.41) is 2.31. The molecule has 6 heteroatoms. The van der Waals surface area contributed by atoms with Crippen molar-refractivity contribution in [3.05, 3.63) is 22.7 Å². The predicted molar refractivity (Wildman–Crippen MR) is 61.8 cm³/mol. The number of carbonyl (C=O) groups is 1. The van der Waals surface area contributed by atoms with E-state index < -0.39 is 17.5 Å². The molecule has 0 atom stereocenters. The highest BCUT2D eigenvalue weighted by molar-refractivity contribution is 9.10. The molecule has 0 aliphatic rings. The van der Waals surface area contributed by atoms with Gasteiger partial charge < -0.3 is 4.74 Å². The minimum atomic E-state index is -0.710. The second-order valence-electron chi connectivity index (χ2n) is 4.11. The smallest absolute Gasteiger partial charge is 0.412 e. The zero-order chi connectivity index (χ0) is 12.3. The largest absolute Gasteiger partial charge is 0.444 e. The van der Waals surface area contributed by atoms with E-state index in [1.807, 2.05) is 0 Å². The summed E-state index contributed by atoms with van der Waals surface area (Å²) in [6, 6.07) is 0. The topological polar surface area (TPSA) is 51.2 Å². The van der Waals surface area contributed by atoms with Crippen molar-refractivity contribution in [2.75, 3.05) is 5.32 Å². The van der Waals surface area contributed by atoms with Gasteiger partial charge in [-0.2, -0.15) is 0 Å². The molecule has 1 rings (SSSR count). The molecule has 16 heavy (non-hydrogen) atoms. The molecule has 0 bridgehead atoms. The Morgan fingerprint density at radius 2 is 2.12 bits per heavy atom. The number of aromatic nitrogens is 1. The van der Waals surface area contributed by atoms with E-state index >= 15 is 0 Å². The average molecular weight is 291 g/mol. The first-order valence-corrected chi connectivity index (χ1v) is 5.38. The molecule has 1 aromatic rings. The molecule has 0 unspecified atom stereocenters. The third-order valence-electron chi connectivity index (χ3n) is 1.48. The average Bonchev–Trinajstić information content (AvgIpc) is 2.08. The molecule has 1 aromatic heterocycles. The number of nitrogens with zero attached hydrogens (tertiary/aromatic N) is 1. The van der Waals surface area contributed by atoms with E-state index in [0.717, 1.165) is 6.20 Å². The van der Waals surface area contributed by atoms with Crippen molar-refractivity contribution in [1.82, 2.24) is 4.98 Å². The first-order chi connectivity index (χ1) is 7.29. The van der Waals surface area contributed by atoms with E-state index in [9.17, 15) is 9.18 Å². The first kappa shape index (κ1) is 12.9. The van der Waals surface area contributed by atoms with Gasteiger partial charge in [0.1, 0.15) is 5.60 Å². The Morgan fingerprint density at radius 1 is 1.50 bits per heavy atom. The molecule has 0 aliphatic heterocycles. The fourth-order valence-electron chi connectivity index (χ4n) is 0.936. The molecule has 1 amide bonds. The third-order valence-corrected chi connectivity index (χ3v) is 2.08. The van der Waals surface area contributed by atoms with Gasteiger partial charge >= 0.3 is 6.09 Å². The number of nitrogens with one attached hydrogen (secondary N) is 1. The summed E-state index contributed by atoms with van der Waals surface area (Å²) < 4.78 is 18.6. The highest BCUT2D eigenvalue weighted by Crippen LogP contribution is 2.24. The summed E-state index contributed by atoms with van der Waals surface area (Å²) in [6.07, 6.45) is 1.69. The van der Waals surface area contributed by atoms with Gasteiger partial charge in [0.05, 0.1) is 16.4 Å². The second-order valence-corrected chi connectivity index (χ2v) is 4.96. The van der Waals surface area contributed by atoms with Gasteiger partial charge in [-0.05, 0) is 36.7 Å². The van der Waals surface area contributed by atoms with Crippen LogP contribution in [-0.2, 0) is 4.74 Å². The highest BCUT2D eigenvalue weighted by Gasteiger charge is 2.18. The van der Waals surface area contributed by atoms with Crippen LogP contribution in [0.25, 0.3) is 0 Å². The Morgan fingerprint density at radius 3 is 2.62 bits per heavy atom. The lowest BCUT2D eigenvalue weighted by molar-refractivity contribution is 0.0635. The van der Waals surface area contributed by atoms with Crippen molar-refractivity contribution in [3.8, 4) is 0 Å². The van der Waals surface area contributed by atoms with Gasteiger partial charge in [0, 0.05) is 6.20 Å². The quantitative estimate of drug-likeness (QED) is 0.863. The fourth-order valence-corrected chi connectivity index (χ4v) is 1.34. The lowest BCUT2D eigenvalue weighted by Crippen LogP contribution is -2.27. The second kappa shape index (κ2) is 4.78. The normalized spacial score (nSPS) is 11.1. The van der Waals surface area contributed by atoms with Gasteiger partial charge in [0.2, 0.25) is 0 Å². The molecule has 0 spiro atoms. The summed E-state index contributed by atoms with van der Waals surface area (Å²) in [7, 11) is 0. The van der Waals surface area contributed by atoms with E-state index in [2.05, 4.69) is 26.2 Å². The lowest BCUT2D eigenvalue weighted by atomic mass is 10.2. The van der Waals surface area contributed by atoms with Crippen LogP contribution in [0, 0.1) is 5.82 Å². The van der Waals surface area contributed by atoms with Gasteiger partial charge in [-0.3, -0.25) is 10.3 Å². The molecule has 4 nitrogen and oxygen atoms in total. The molecular weight excluding hydrogens is 279 g/mol. The third kappa shape index (κ3) is 3.77. The maximum atomic E-state index is 13.3. The van der Waals surface area contributed by atoms with Gasteiger partial charge in [0.25, 0.3) is 0 Å². The molecule has 0 aromatic carbocycles. The van der Waals surface area contributed by atoms with Crippen LogP contribution in [0.2, 0.25) is 0 Å². The molecule has 1 heterocycles. The summed E-state index contributed by atoms with van der Waals surface area (Å²) in [5.74, 6) is -0.625. The van der Waals surface area contributed by atoms with Gasteiger partial charge in [-0.15, -0.1) is 0 Å². The molecule has 0 radical (unpaired) electrons. The van der Waals surface area contributed by atoms with Crippen LogP contribution < -0.4 is 5.32 Å². The van der Waals surface area contributed by atoms with E-state index in [0.29, 0.717) is 4.47 Å².